The number of likely N-dealkylation sites (N-methyl/N-ethyl adjacent to an activating group) is 1. The fraction of sp³-hybridized carbons (Fsp3) is 0.562. The van der Waals surface area contributed by atoms with Gasteiger partial charge in [-0.15, -0.1) is 0 Å². The molecular formula is C16H22BrN3O. The summed E-state index contributed by atoms with van der Waals surface area (Å²) in [5, 5.41) is 6.04. The molecule has 4 nitrogen and oxygen atoms in total. The standard InChI is InChI=1S/C16H22BrN3O/c1-3-4-10-5-6-20(9-10)14-8-13-11(7-12(14)17)15(18-2)16(21)19-13/h7-8,10,15,18H,3-6,9H2,1-2H3,(H,19,21). The van der Waals surface area contributed by atoms with Crippen molar-refractivity contribution in [3.8, 4) is 0 Å². The number of anilines is 2. The summed E-state index contributed by atoms with van der Waals surface area (Å²) >= 11 is 3.69. The molecule has 1 aromatic rings. The molecule has 2 atom stereocenters. The molecule has 3 rings (SSSR count). The van der Waals surface area contributed by atoms with Crippen molar-refractivity contribution in [1.29, 1.82) is 0 Å². The van der Waals surface area contributed by atoms with Gasteiger partial charge in [0.15, 0.2) is 0 Å². The van der Waals surface area contributed by atoms with Gasteiger partial charge in [0.05, 0.1) is 5.69 Å². The number of hydrogen-bond acceptors (Lipinski definition) is 3. The van der Waals surface area contributed by atoms with Crippen molar-refractivity contribution < 1.29 is 4.79 Å². The second kappa shape index (κ2) is 5.97. The Morgan fingerprint density at radius 3 is 3.00 bits per heavy atom. The number of benzene rings is 1. The number of halogens is 1. The van der Waals surface area contributed by atoms with Crippen LogP contribution in [0.3, 0.4) is 0 Å². The Kier molecular flexibility index (Phi) is 4.22. The van der Waals surface area contributed by atoms with Crippen LogP contribution < -0.4 is 15.5 Å². The molecular weight excluding hydrogens is 330 g/mol. The Morgan fingerprint density at radius 1 is 1.48 bits per heavy atom. The normalized spacial score (nSPS) is 24.3. The zero-order valence-electron chi connectivity index (χ0n) is 12.6. The highest BCUT2D eigenvalue weighted by Crippen LogP contribution is 2.40. The van der Waals surface area contributed by atoms with Crippen molar-refractivity contribution >= 4 is 33.2 Å². The fourth-order valence-corrected chi connectivity index (χ4v) is 4.11. The minimum absolute atomic E-state index is 0.0295. The lowest BCUT2D eigenvalue weighted by Gasteiger charge is -2.21. The van der Waals surface area contributed by atoms with Crippen molar-refractivity contribution in [3.63, 3.8) is 0 Å². The van der Waals surface area contributed by atoms with Crippen molar-refractivity contribution in [2.24, 2.45) is 5.92 Å². The van der Waals surface area contributed by atoms with Crippen LogP contribution in [0.1, 0.15) is 37.8 Å². The van der Waals surface area contributed by atoms with Crippen LogP contribution in [0.2, 0.25) is 0 Å². The van der Waals surface area contributed by atoms with Crippen molar-refractivity contribution in [1.82, 2.24) is 5.32 Å². The third kappa shape index (κ3) is 2.69. The molecule has 5 heteroatoms. The molecule has 1 fully saturated rings. The maximum absolute atomic E-state index is 11.9. The fourth-order valence-electron chi connectivity index (χ4n) is 3.49. The van der Waals surface area contributed by atoms with E-state index < -0.39 is 0 Å². The Hall–Kier alpha value is -1.07. The summed E-state index contributed by atoms with van der Waals surface area (Å²) in [5.41, 5.74) is 3.17. The van der Waals surface area contributed by atoms with Crippen molar-refractivity contribution in [3.05, 3.63) is 22.2 Å². The highest BCUT2D eigenvalue weighted by atomic mass is 79.9. The molecule has 2 N–H and O–H groups in total. The van der Waals surface area contributed by atoms with Crippen LogP contribution in [0.25, 0.3) is 0 Å². The summed E-state index contributed by atoms with van der Waals surface area (Å²) in [6.45, 7) is 4.47. The second-order valence-corrected chi connectivity index (χ2v) is 6.85. The number of carbonyl (C=O) groups excluding carboxylic acids is 1. The Bertz CT molecular complexity index is 561. The van der Waals surface area contributed by atoms with Crippen LogP contribution in [-0.2, 0) is 4.79 Å². The van der Waals surface area contributed by atoms with Gasteiger partial charge in [0.2, 0.25) is 5.91 Å². The minimum atomic E-state index is -0.239. The molecule has 0 aliphatic carbocycles. The van der Waals surface area contributed by atoms with E-state index in [9.17, 15) is 4.79 Å². The molecule has 0 aromatic heterocycles. The topological polar surface area (TPSA) is 44.4 Å². The summed E-state index contributed by atoms with van der Waals surface area (Å²) in [4.78, 5) is 14.4. The summed E-state index contributed by atoms with van der Waals surface area (Å²) < 4.78 is 1.08. The molecule has 0 radical (unpaired) electrons. The number of hydrogen-bond donors (Lipinski definition) is 2. The molecule has 21 heavy (non-hydrogen) atoms. The third-order valence-electron chi connectivity index (χ3n) is 4.56. The number of carbonyl (C=O) groups is 1. The molecule has 114 valence electrons. The van der Waals surface area contributed by atoms with E-state index in [1.807, 2.05) is 7.05 Å². The van der Waals surface area contributed by atoms with Crippen molar-refractivity contribution in [2.75, 3.05) is 30.4 Å². The summed E-state index contributed by atoms with van der Waals surface area (Å²) in [6, 6.07) is 3.96. The molecule has 0 spiro atoms. The predicted octanol–water partition coefficient (Wildman–Crippen LogP) is 3.29. The van der Waals surface area contributed by atoms with E-state index in [2.05, 4.69) is 50.5 Å². The monoisotopic (exact) mass is 351 g/mol. The number of fused-ring (bicyclic) bond motifs is 1. The van der Waals surface area contributed by atoms with Crippen LogP contribution in [0.5, 0.6) is 0 Å². The molecule has 0 saturated carbocycles. The first kappa shape index (κ1) is 14.9. The van der Waals surface area contributed by atoms with Gasteiger partial charge in [-0.25, -0.2) is 0 Å². The average molecular weight is 352 g/mol. The number of nitrogens with one attached hydrogen (secondary N) is 2. The number of rotatable bonds is 4. The van der Waals surface area contributed by atoms with E-state index in [0.717, 1.165) is 34.7 Å². The quantitative estimate of drug-likeness (QED) is 0.874. The molecule has 2 heterocycles. The molecule has 2 aliphatic heterocycles. The lowest BCUT2D eigenvalue weighted by Crippen LogP contribution is -2.23. The van der Waals surface area contributed by atoms with E-state index in [4.69, 9.17) is 0 Å². The van der Waals surface area contributed by atoms with Crippen LogP contribution in [0.15, 0.2) is 16.6 Å². The van der Waals surface area contributed by atoms with Gasteiger partial charge in [0.1, 0.15) is 6.04 Å². The first-order valence-corrected chi connectivity index (χ1v) is 8.49. The van der Waals surface area contributed by atoms with Gasteiger partial charge in [-0.3, -0.25) is 4.79 Å². The zero-order valence-corrected chi connectivity index (χ0v) is 14.2. The highest BCUT2D eigenvalue weighted by molar-refractivity contribution is 9.10. The molecule has 2 unspecified atom stereocenters. The van der Waals surface area contributed by atoms with Gasteiger partial charge in [-0.2, -0.15) is 0 Å². The smallest absolute Gasteiger partial charge is 0.246 e. The Morgan fingerprint density at radius 2 is 2.29 bits per heavy atom. The van der Waals surface area contributed by atoms with Crippen LogP contribution in [0.4, 0.5) is 11.4 Å². The summed E-state index contributed by atoms with van der Waals surface area (Å²) in [5.74, 6) is 0.830. The lowest BCUT2D eigenvalue weighted by molar-refractivity contribution is -0.117. The van der Waals surface area contributed by atoms with E-state index >= 15 is 0 Å². The minimum Gasteiger partial charge on any atom is -0.370 e. The first-order valence-electron chi connectivity index (χ1n) is 7.70. The van der Waals surface area contributed by atoms with Gasteiger partial charge < -0.3 is 15.5 Å². The van der Waals surface area contributed by atoms with Crippen LogP contribution >= 0.6 is 15.9 Å². The maximum Gasteiger partial charge on any atom is 0.246 e. The van der Waals surface area contributed by atoms with Crippen LogP contribution in [0, 0.1) is 5.92 Å². The molecule has 1 amide bonds. The summed E-state index contributed by atoms with van der Waals surface area (Å²) in [6.07, 6.45) is 3.82. The second-order valence-electron chi connectivity index (χ2n) is 5.99. The third-order valence-corrected chi connectivity index (χ3v) is 5.20. The van der Waals surface area contributed by atoms with E-state index in [-0.39, 0.29) is 11.9 Å². The van der Waals surface area contributed by atoms with Crippen LogP contribution in [-0.4, -0.2) is 26.0 Å². The number of amides is 1. The molecule has 2 aliphatic rings. The highest BCUT2D eigenvalue weighted by Gasteiger charge is 2.31. The Balaban J connectivity index is 1.86. The van der Waals surface area contributed by atoms with Gasteiger partial charge in [0, 0.05) is 28.8 Å². The van der Waals surface area contributed by atoms with E-state index in [1.165, 1.54) is 24.9 Å². The van der Waals surface area contributed by atoms with Crippen molar-refractivity contribution in [2.45, 2.75) is 32.2 Å². The average Bonchev–Trinajstić information content (AvgIpc) is 3.02. The van der Waals surface area contributed by atoms with Gasteiger partial charge in [0.25, 0.3) is 0 Å². The maximum atomic E-state index is 11.9. The SMILES string of the molecule is CCCC1CCN(c2cc3c(cc2Br)C(NC)C(=O)N3)C1. The van der Waals surface area contributed by atoms with Gasteiger partial charge in [-0.1, -0.05) is 13.3 Å². The largest absolute Gasteiger partial charge is 0.370 e. The number of nitrogens with zero attached hydrogens (tertiary/aromatic N) is 1. The predicted molar refractivity (Wildman–Crippen MR) is 89.8 cm³/mol. The molecule has 1 saturated heterocycles. The van der Waals surface area contributed by atoms with E-state index in [1.54, 1.807) is 0 Å². The molecule has 1 aromatic carbocycles. The Labute approximate surface area is 134 Å². The van der Waals surface area contributed by atoms with Gasteiger partial charge in [-0.05, 0) is 53.9 Å². The zero-order chi connectivity index (χ0) is 15.0. The van der Waals surface area contributed by atoms with E-state index in [0.29, 0.717) is 0 Å². The molecule has 0 bridgehead atoms. The first-order chi connectivity index (χ1) is 10.1. The summed E-state index contributed by atoms with van der Waals surface area (Å²) in [7, 11) is 1.82. The lowest BCUT2D eigenvalue weighted by atomic mass is 10.0. The van der Waals surface area contributed by atoms with Gasteiger partial charge >= 0.3 is 0 Å².